The first-order valence-corrected chi connectivity index (χ1v) is 4.97. The van der Waals surface area contributed by atoms with Crippen molar-refractivity contribution in [1.29, 1.82) is 0 Å². The molecule has 3 heteroatoms. The molecule has 1 heterocycles. The smallest absolute Gasteiger partial charge is 0.160 e. The van der Waals surface area contributed by atoms with Gasteiger partial charge < -0.3 is 4.90 Å². The van der Waals surface area contributed by atoms with Gasteiger partial charge in [-0.2, -0.15) is 0 Å². The van der Waals surface area contributed by atoms with E-state index in [-0.39, 0.29) is 0 Å². The fourth-order valence-electron chi connectivity index (χ4n) is 1.83. The van der Waals surface area contributed by atoms with Gasteiger partial charge in [-0.15, -0.1) is 0 Å². The number of hydrogen-bond acceptors (Lipinski definition) is 1. The zero-order valence-corrected chi connectivity index (χ0v) is 7.97. The molecule has 76 valence electrons. The van der Waals surface area contributed by atoms with E-state index in [4.69, 9.17) is 0 Å². The molecular weight excluding hydrogens is 184 g/mol. The summed E-state index contributed by atoms with van der Waals surface area (Å²) in [6.07, 6.45) is 3.51. The number of halogens is 2. The highest BCUT2D eigenvalue weighted by atomic mass is 19.2. The zero-order valence-electron chi connectivity index (χ0n) is 7.97. The third-order valence-electron chi connectivity index (χ3n) is 2.62. The molecule has 0 aromatic heterocycles. The van der Waals surface area contributed by atoms with Crippen LogP contribution in [0.3, 0.4) is 0 Å². The fourth-order valence-corrected chi connectivity index (χ4v) is 1.83. The molecule has 0 bridgehead atoms. The van der Waals surface area contributed by atoms with Crippen molar-refractivity contribution in [2.24, 2.45) is 0 Å². The van der Waals surface area contributed by atoms with Gasteiger partial charge in [0, 0.05) is 24.8 Å². The summed E-state index contributed by atoms with van der Waals surface area (Å²) in [7, 11) is 0. The first-order valence-electron chi connectivity index (χ1n) is 4.97. The molecule has 1 aromatic rings. The van der Waals surface area contributed by atoms with Gasteiger partial charge in [0.05, 0.1) is 0 Å². The minimum Gasteiger partial charge on any atom is -0.371 e. The van der Waals surface area contributed by atoms with E-state index in [1.165, 1.54) is 18.6 Å². The van der Waals surface area contributed by atoms with Crippen molar-refractivity contribution in [2.45, 2.75) is 19.3 Å². The van der Waals surface area contributed by atoms with Crippen LogP contribution in [0.5, 0.6) is 0 Å². The predicted molar refractivity (Wildman–Crippen MR) is 52.4 cm³/mol. The zero-order chi connectivity index (χ0) is 9.97. The Morgan fingerprint density at radius 2 is 1.64 bits per heavy atom. The number of anilines is 1. The Morgan fingerprint density at radius 1 is 0.929 bits per heavy atom. The molecule has 1 aliphatic heterocycles. The Balaban J connectivity index is 2.18. The summed E-state index contributed by atoms with van der Waals surface area (Å²) in [5, 5.41) is 0. The first-order chi connectivity index (χ1) is 6.77. The summed E-state index contributed by atoms with van der Waals surface area (Å²) < 4.78 is 25.6. The van der Waals surface area contributed by atoms with Crippen molar-refractivity contribution in [1.82, 2.24) is 0 Å². The van der Waals surface area contributed by atoms with Crippen LogP contribution < -0.4 is 4.90 Å². The van der Waals surface area contributed by atoms with Gasteiger partial charge in [0.15, 0.2) is 11.6 Å². The standard InChI is InChI=1S/C11H13F2N/c12-10-5-4-9(8-11(10)13)14-6-2-1-3-7-14/h4-5,8H,1-3,6-7H2. The van der Waals surface area contributed by atoms with Gasteiger partial charge in [0.25, 0.3) is 0 Å². The van der Waals surface area contributed by atoms with Crippen LogP contribution in [0, 0.1) is 11.6 Å². The third kappa shape index (κ3) is 1.86. The predicted octanol–water partition coefficient (Wildman–Crippen LogP) is 2.96. The average Bonchev–Trinajstić information content (AvgIpc) is 2.23. The molecule has 0 amide bonds. The SMILES string of the molecule is Fc1ccc(N2CCCCC2)cc1F. The van der Waals surface area contributed by atoms with Gasteiger partial charge in [-0.25, -0.2) is 8.78 Å². The molecule has 0 spiro atoms. The molecule has 0 unspecified atom stereocenters. The normalized spacial score (nSPS) is 17.1. The number of hydrogen-bond donors (Lipinski definition) is 0. The molecule has 0 saturated carbocycles. The second-order valence-electron chi connectivity index (χ2n) is 3.65. The van der Waals surface area contributed by atoms with Gasteiger partial charge >= 0.3 is 0 Å². The maximum atomic E-state index is 12.9. The van der Waals surface area contributed by atoms with Crippen molar-refractivity contribution in [3.8, 4) is 0 Å². The molecule has 0 atom stereocenters. The largest absolute Gasteiger partial charge is 0.371 e. The van der Waals surface area contributed by atoms with Gasteiger partial charge in [-0.1, -0.05) is 0 Å². The van der Waals surface area contributed by atoms with E-state index in [9.17, 15) is 8.78 Å². The number of rotatable bonds is 1. The van der Waals surface area contributed by atoms with E-state index in [2.05, 4.69) is 4.90 Å². The van der Waals surface area contributed by atoms with Crippen LogP contribution in [0.4, 0.5) is 14.5 Å². The minimum absolute atomic E-state index is 0.756. The Morgan fingerprint density at radius 3 is 2.29 bits per heavy atom. The van der Waals surface area contributed by atoms with Gasteiger partial charge in [-0.05, 0) is 31.4 Å². The summed E-state index contributed by atoms with van der Waals surface area (Å²) in [5.74, 6) is -1.53. The molecule has 0 radical (unpaired) electrons. The lowest BCUT2D eigenvalue weighted by Gasteiger charge is -2.28. The number of nitrogens with zero attached hydrogens (tertiary/aromatic N) is 1. The average molecular weight is 197 g/mol. The van der Waals surface area contributed by atoms with E-state index in [0.29, 0.717) is 0 Å². The Labute approximate surface area is 82.3 Å². The van der Waals surface area contributed by atoms with Gasteiger partial charge in [0.2, 0.25) is 0 Å². The lowest BCUT2D eigenvalue weighted by Crippen LogP contribution is -2.29. The van der Waals surface area contributed by atoms with Crippen molar-refractivity contribution >= 4 is 5.69 Å². The van der Waals surface area contributed by atoms with E-state index in [1.54, 1.807) is 6.07 Å². The summed E-state index contributed by atoms with van der Waals surface area (Å²) in [5.41, 5.74) is 0.795. The van der Waals surface area contributed by atoms with E-state index < -0.39 is 11.6 Å². The van der Waals surface area contributed by atoms with Crippen molar-refractivity contribution in [2.75, 3.05) is 18.0 Å². The number of benzene rings is 1. The molecular formula is C11H13F2N. The molecule has 0 aliphatic carbocycles. The van der Waals surface area contributed by atoms with Crippen LogP contribution in [0.1, 0.15) is 19.3 Å². The molecule has 1 aliphatic rings. The highest BCUT2D eigenvalue weighted by molar-refractivity contribution is 5.46. The topological polar surface area (TPSA) is 3.24 Å². The molecule has 1 aromatic carbocycles. The maximum absolute atomic E-state index is 12.9. The lowest BCUT2D eigenvalue weighted by molar-refractivity contribution is 0.506. The lowest BCUT2D eigenvalue weighted by atomic mass is 10.1. The summed E-state index contributed by atoms with van der Waals surface area (Å²) >= 11 is 0. The second-order valence-corrected chi connectivity index (χ2v) is 3.65. The summed E-state index contributed by atoms with van der Waals surface area (Å²) in [6.45, 7) is 1.90. The fraction of sp³-hybridized carbons (Fsp3) is 0.455. The maximum Gasteiger partial charge on any atom is 0.160 e. The van der Waals surface area contributed by atoms with Crippen LogP contribution in [-0.2, 0) is 0 Å². The Kier molecular flexibility index (Phi) is 2.66. The van der Waals surface area contributed by atoms with Crippen LogP contribution in [0.25, 0.3) is 0 Å². The Hall–Kier alpha value is -1.12. The minimum atomic E-state index is -0.772. The van der Waals surface area contributed by atoms with E-state index >= 15 is 0 Å². The van der Waals surface area contributed by atoms with Crippen molar-refractivity contribution in [3.05, 3.63) is 29.8 Å². The van der Waals surface area contributed by atoms with Crippen LogP contribution in [-0.4, -0.2) is 13.1 Å². The highest BCUT2D eigenvalue weighted by Gasteiger charge is 2.12. The first kappa shape index (κ1) is 9.44. The highest BCUT2D eigenvalue weighted by Crippen LogP contribution is 2.21. The van der Waals surface area contributed by atoms with Gasteiger partial charge in [-0.3, -0.25) is 0 Å². The van der Waals surface area contributed by atoms with Crippen molar-refractivity contribution < 1.29 is 8.78 Å². The van der Waals surface area contributed by atoms with E-state index in [0.717, 1.165) is 31.6 Å². The van der Waals surface area contributed by atoms with Crippen LogP contribution in [0.2, 0.25) is 0 Å². The molecule has 2 rings (SSSR count). The third-order valence-corrected chi connectivity index (χ3v) is 2.62. The van der Waals surface area contributed by atoms with Crippen molar-refractivity contribution in [3.63, 3.8) is 0 Å². The Bertz CT molecular complexity index is 319. The molecule has 1 nitrogen and oxygen atoms in total. The second kappa shape index (κ2) is 3.95. The van der Waals surface area contributed by atoms with Crippen LogP contribution in [0.15, 0.2) is 18.2 Å². The van der Waals surface area contributed by atoms with Gasteiger partial charge in [0.1, 0.15) is 0 Å². The monoisotopic (exact) mass is 197 g/mol. The van der Waals surface area contributed by atoms with E-state index in [1.807, 2.05) is 0 Å². The summed E-state index contributed by atoms with van der Waals surface area (Å²) in [4.78, 5) is 2.10. The quantitative estimate of drug-likeness (QED) is 0.669. The molecule has 1 saturated heterocycles. The van der Waals surface area contributed by atoms with Crippen LogP contribution >= 0.6 is 0 Å². The molecule has 1 fully saturated rings. The molecule has 0 N–H and O–H groups in total. The molecule has 14 heavy (non-hydrogen) atoms. The summed E-state index contributed by atoms with van der Waals surface area (Å²) in [6, 6.07) is 4.11. The number of piperidine rings is 1.